The van der Waals surface area contributed by atoms with E-state index in [1.807, 2.05) is 12.4 Å². The summed E-state index contributed by atoms with van der Waals surface area (Å²) in [5.74, 6) is 0.784. The monoisotopic (exact) mass is 266 g/mol. The number of anilines is 1. The number of aromatic nitrogens is 2. The van der Waals surface area contributed by atoms with E-state index >= 15 is 0 Å². The van der Waals surface area contributed by atoms with Gasteiger partial charge in [-0.2, -0.15) is 0 Å². The van der Waals surface area contributed by atoms with E-state index in [4.69, 9.17) is 4.74 Å². The highest BCUT2D eigenvalue weighted by Gasteiger charge is 2.15. The lowest BCUT2D eigenvalue weighted by atomic mass is 10.2. The van der Waals surface area contributed by atoms with Gasteiger partial charge in [-0.05, 0) is 19.9 Å². The van der Waals surface area contributed by atoms with Crippen LogP contribution < -0.4 is 10.2 Å². The molecule has 1 unspecified atom stereocenters. The van der Waals surface area contributed by atoms with Crippen molar-refractivity contribution in [1.29, 1.82) is 0 Å². The first-order valence-electron chi connectivity index (χ1n) is 7.00. The Morgan fingerprint density at radius 2 is 2.00 bits per heavy atom. The second kappa shape index (κ2) is 8.82. The summed E-state index contributed by atoms with van der Waals surface area (Å²) < 4.78 is 5.16. The fourth-order valence-corrected chi connectivity index (χ4v) is 1.78. The molecule has 0 aliphatic carbocycles. The summed E-state index contributed by atoms with van der Waals surface area (Å²) in [5.41, 5.74) is 1.11. The zero-order valence-corrected chi connectivity index (χ0v) is 12.5. The second-order valence-electron chi connectivity index (χ2n) is 4.62. The van der Waals surface area contributed by atoms with E-state index in [2.05, 4.69) is 41.0 Å². The van der Waals surface area contributed by atoms with Crippen molar-refractivity contribution < 1.29 is 4.74 Å². The molecule has 0 saturated heterocycles. The first-order valence-corrected chi connectivity index (χ1v) is 7.00. The molecule has 0 bridgehead atoms. The van der Waals surface area contributed by atoms with E-state index in [1.165, 1.54) is 0 Å². The maximum absolute atomic E-state index is 5.16. The fourth-order valence-electron chi connectivity index (χ4n) is 1.78. The van der Waals surface area contributed by atoms with Crippen molar-refractivity contribution in [3.63, 3.8) is 0 Å². The van der Waals surface area contributed by atoms with Crippen LogP contribution in [0.2, 0.25) is 0 Å². The van der Waals surface area contributed by atoms with Crippen molar-refractivity contribution >= 4 is 5.95 Å². The maximum Gasteiger partial charge on any atom is 0.225 e. The average molecular weight is 266 g/mol. The van der Waals surface area contributed by atoms with Crippen LogP contribution in [0.25, 0.3) is 0 Å². The molecule has 1 aromatic rings. The maximum atomic E-state index is 5.16. The van der Waals surface area contributed by atoms with Gasteiger partial charge in [0.1, 0.15) is 0 Å². The van der Waals surface area contributed by atoms with Crippen LogP contribution in [-0.2, 0) is 11.3 Å². The molecule has 0 radical (unpaired) electrons. The molecule has 0 aromatic carbocycles. The van der Waals surface area contributed by atoms with E-state index in [1.54, 1.807) is 7.11 Å². The van der Waals surface area contributed by atoms with Gasteiger partial charge >= 0.3 is 0 Å². The number of rotatable bonds is 9. The average Bonchev–Trinajstić information content (AvgIpc) is 2.46. The second-order valence-corrected chi connectivity index (χ2v) is 4.62. The van der Waals surface area contributed by atoms with Crippen LogP contribution in [0.4, 0.5) is 5.95 Å². The van der Waals surface area contributed by atoms with Crippen molar-refractivity contribution in [2.24, 2.45) is 0 Å². The van der Waals surface area contributed by atoms with Crippen LogP contribution in [0.15, 0.2) is 12.4 Å². The molecule has 1 heterocycles. The molecule has 0 amide bonds. The van der Waals surface area contributed by atoms with Gasteiger partial charge in [0.15, 0.2) is 0 Å². The third-order valence-corrected chi connectivity index (χ3v) is 3.19. The molecule has 19 heavy (non-hydrogen) atoms. The number of methoxy groups -OCH3 is 1. The molecular weight excluding hydrogens is 240 g/mol. The van der Waals surface area contributed by atoms with E-state index in [0.29, 0.717) is 12.6 Å². The first-order chi connectivity index (χ1) is 9.22. The third-order valence-electron chi connectivity index (χ3n) is 3.19. The molecule has 0 aliphatic rings. The number of hydrogen-bond acceptors (Lipinski definition) is 5. The Morgan fingerprint density at radius 1 is 1.32 bits per heavy atom. The molecule has 108 valence electrons. The van der Waals surface area contributed by atoms with Gasteiger partial charge in [0, 0.05) is 44.2 Å². The first kappa shape index (κ1) is 15.9. The molecule has 1 atom stereocenters. The number of ether oxygens (including phenoxy) is 1. The van der Waals surface area contributed by atoms with Gasteiger partial charge in [-0.1, -0.05) is 13.8 Å². The largest absolute Gasteiger partial charge is 0.383 e. The van der Waals surface area contributed by atoms with E-state index < -0.39 is 0 Å². The number of hydrogen-bond donors (Lipinski definition) is 1. The molecule has 0 saturated carbocycles. The van der Waals surface area contributed by atoms with Crippen molar-refractivity contribution in [3.05, 3.63) is 18.0 Å². The van der Waals surface area contributed by atoms with Gasteiger partial charge in [-0.15, -0.1) is 0 Å². The Bertz CT molecular complexity index is 342. The van der Waals surface area contributed by atoms with Crippen LogP contribution in [0.1, 0.15) is 32.8 Å². The van der Waals surface area contributed by atoms with Crippen molar-refractivity contribution in [3.8, 4) is 0 Å². The molecule has 1 N–H and O–H groups in total. The van der Waals surface area contributed by atoms with Gasteiger partial charge in [-0.3, -0.25) is 0 Å². The molecule has 0 aliphatic heterocycles. The van der Waals surface area contributed by atoms with Crippen LogP contribution in [0, 0.1) is 0 Å². The molecular formula is C14H26N4O. The van der Waals surface area contributed by atoms with Gasteiger partial charge in [-0.25, -0.2) is 9.97 Å². The summed E-state index contributed by atoms with van der Waals surface area (Å²) in [7, 11) is 1.72. The lowest BCUT2D eigenvalue weighted by Gasteiger charge is -2.28. The summed E-state index contributed by atoms with van der Waals surface area (Å²) in [6, 6.07) is 0.412. The highest BCUT2D eigenvalue weighted by Crippen LogP contribution is 2.13. The molecule has 0 fully saturated rings. The van der Waals surface area contributed by atoms with Gasteiger partial charge in [0.2, 0.25) is 5.95 Å². The molecule has 0 spiro atoms. The Hall–Kier alpha value is -1.20. The third kappa shape index (κ3) is 5.12. The minimum atomic E-state index is 0.412. The molecule has 1 aromatic heterocycles. The summed E-state index contributed by atoms with van der Waals surface area (Å²) >= 11 is 0. The molecule has 1 rings (SSSR count). The Balaban J connectivity index is 2.72. The zero-order valence-electron chi connectivity index (χ0n) is 12.5. The Labute approximate surface area is 116 Å². The van der Waals surface area contributed by atoms with Crippen LogP contribution in [0.5, 0.6) is 0 Å². The Morgan fingerprint density at radius 3 is 2.53 bits per heavy atom. The van der Waals surface area contributed by atoms with Gasteiger partial charge in [0.25, 0.3) is 0 Å². The lowest BCUT2D eigenvalue weighted by Crippen LogP contribution is -2.36. The van der Waals surface area contributed by atoms with Gasteiger partial charge in [0.05, 0.1) is 6.61 Å². The molecule has 5 heteroatoms. The minimum absolute atomic E-state index is 0.412. The van der Waals surface area contributed by atoms with Crippen LogP contribution >= 0.6 is 0 Å². The lowest BCUT2D eigenvalue weighted by molar-refractivity contribution is 0.203. The quantitative estimate of drug-likeness (QED) is 0.739. The molecule has 5 nitrogen and oxygen atoms in total. The predicted molar refractivity (Wildman–Crippen MR) is 78.4 cm³/mol. The van der Waals surface area contributed by atoms with Crippen molar-refractivity contribution in [2.75, 3.05) is 31.7 Å². The van der Waals surface area contributed by atoms with E-state index in [0.717, 1.165) is 37.6 Å². The highest BCUT2D eigenvalue weighted by molar-refractivity contribution is 5.31. The van der Waals surface area contributed by atoms with E-state index in [9.17, 15) is 0 Å². The minimum Gasteiger partial charge on any atom is -0.383 e. The Kier molecular flexibility index (Phi) is 7.36. The topological polar surface area (TPSA) is 50.3 Å². The van der Waals surface area contributed by atoms with Crippen molar-refractivity contribution in [1.82, 2.24) is 15.3 Å². The summed E-state index contributed by atoms with van der Waals surface area (Å²) in [5, 5.41) is 3.27. The smallest absolute Gasteiger partial charge is 0.225 e. The standard InChI is InChI=1S/C14H26N4O/c1-5-12(3)18(7-8-19-4)14-16-10-13(11-17-14)9-15-6-2/h10-12,15H,5-9H2,1-4H3. The fraction of sp³-hybridized carbons (Fsp3) is 0.714. The highest BCUT2D eigenvalue weighted by atomic mass is 16.5. The van der Waals surface area contributed by atoms with Crippen molar-refractivity contribution in [2.45, 2.75) is 39.8 Å². The number of nitrogens with zero attached hydrogens (tertiary/aromatic N) is 3. The number of nitrogens with one attached hydrogen (secondary N) is 1. The van der Waals surface area contributed by atoms with Gasteiger partial charge < -0.3 is 15.0 Å². The predicted octanol–water partition coefficient (Wildman–Crippen LogP) is 1.84. The summed E-state index contributed by atoms with van der Waals surface area (Å²) in [6.07, 6.45) is 4.85. The zero-order chi connectivity index (χ0) is 14.1. The van der Waals surface area contributed by atoms with E-state index in [-0.39, 0.29) is 0 Å². The normalized spacial score (nSPS) is 12.4. The van der Waals surface area contributed by atoms with Crippen LogP contribution in [-0.4, -0.2) is 42.8 Å². The SMILES string of the molecule is CCNCc1cnc(N(CCOC)C(C)CC)nc1. The summed E-state index contributed by atoms with van der Waals surface area (Å²) in [4.78, 5) is 11.1. The van der Waals surface area contributed by atoms with Crippen LogP contribution in [0.3, 0.4) is 0 Å². The summed E-state index contributed by atoms with van der Waals surface area (Å²) in [6.45, 7) is 9.72.